The SMILES string of the molecule is CCNC1=C(OC(F)F)C(=O)c2ccccc2C1=O. The molecule has 0 aliphatic heterocycles. The molecule has 0 aromatic heterocycles. The Morgan fingerprint density at radius 1 is 1.16 bits per heavy atom. The molecule has 0 bridgehead atoms. The second-order valence-corrected chi connectivity index (χ2v) is 3.82. The maximum Gasteiger partial charge on any atom is 0.387 e. The van der Waals surface area contributed by atoms with Crippen LogP contribution in [0.25, 0.3) is 0 Å². The molecule has 0 heterocycles. The van der Waals surface area contributed by atoms with Crippen LogP contribution in [0.1, 0.15) is 27.6 Å². The molecule has 1 aromatic rings. The number of fused-ring (bicyclic) bond motifs is 1. The summed E-state index contributed by atoms with van der Waals surface area (Å²) in [5, 5.41) is 2.61. The van der Waals surface area contributed by atoms with Crippen LogP contribution < -0.4 is 5.32 Å². The van der Waals surface area contributed by atoms with E-state index in [1.807, 2.05) is 0 Å². The zero-order valence-corrected chi connectivity index (χ0v) is 10.1. The Kier molecular flexibility index (Phi) is 3.59. The van der Waals surface area contributed by atoms with Crippen molar-refractivity contribution in [2.24, 2.45) is 0 Å². The number of carbonyl (C=O) groups is 2. The fraction of sp³-hybridized carbons (Fsp3) is 0.231. The first-order valence-corrected chi connectivity index (χ1v) is 5.67. The lowest BCUT2D eigenvalue weighted by Gasteiger charge is -2.21. The van der Waals surface area contributed by atoms with E-state index in [-0.39, 0.29) is 16.8 Å². The van der Waals surface area contributed by atoms with Gasteiger partial charge in [0.05, 0.1) is 0 Å². The third-order valence-electron chi connectivity index (χ3n) is 2.64. The third-order valence-corrected chi connectivity index (χ3v) is 2.64. The molecule has 19 heavy (non-hydrogen) atoms. The molecule has 0 radical (unpaired) electrons. The van der Waals surface area contributed by atoms with E-state index in [4.69, 9.17) is 0 Å². The molecule has 0 spiro atoms. The van der Waals surface area contributed by atoms with Gasteiger partial charge in [-0.1, -0.05) is 24.3 Å². The molecule has 1 aromatic carbocycles. The second-order valence-electron chi connectivity index (χ2n) is 3.82. The van der Waals surface area contributed by atoms with Crippen molar-refractivity contribution in [1.82, 2.24) is 5.32 Å². The van der Waals surface area contributed by atoms with E-state index in [2.05, 4.69) is 10.1 Å². The van der Waals surface area contributed by atoms with Crippen LogP contribution in [0.5, 0.6) is 0 Å². The van der Waals surface area contributed by atoms with Gasteiger partial charge >= 0.3 is 6.61 Å². The summed E-state index contributed by atoms with van der Waals surface area (Å²) in [5.74, 6) is -1.86. The van der Waals surface area contributed by atoms with Crippen molar-refractivity contribution in [3.05, 3.63) is 46.8 Å². The van der Waals surface area contributed by atoms with Gasteiger partial charge in [0.25, 0.3) is 0 Å². The summed E-state index contributed by atoms with van der Waals surface area (Å²) in [6.45, 7) is -1.16. The molecule has 2 rings (SSSR count). The standard InChI is InChI=1S/C13H11F2NO3/c1-2-16-9-10(17)7-5-3-4-6-8(7)11(18)12(9)19-13(14)15/h3-6,13,16H,2H2,1H3. The van der Waals surface area contributed by atoms with Gasteiger partial charge in [0.15, 0.2) is 0 Å². The normalized spacial score (nSPS) is 14.7. The number of allylic oxidation sites excluding steroid dienone is 2. The van der Waals surface area contributed by atoms with Crippen LogP contribution in [0.15, 0.2) is 35.7 Å². The average molecular weight is 267 g/mol. The molecule has 0 amide bonds. The van der Waals surface area contributed by atoms with Gasteiger partial charge in [0.2, 0.25) is 17.3 Å². The molecule has 0 unspecified atom stereocenters. The predicted octanol–water partition coefficient (Wildman–Crippen LogP) is 2.13. The van der Waals surface area contributed by atoms with E-state index in [0.29, 0.717) is 6.54 Å². The van der Waals surface area contributed by atoms with Gasteiger partial charge in [-0.3, -0.25) is 9.59 Å². The lowest BCUT2D eigenvalue weighted by molar-refractivity contribution is -0.0941. The van der Waals surface area contributed by atoms with E-state index in [9.17, 15) is 18.4 Å². The molecule has 1 N–H and O–H groups in total. The number of hydrogen-bond donors (Lipinski definition) is 1. The van der Waals surface area contributed by atoms with Crippen LogP contribution in [0.2, 0.25) is 0 Å². The zero-order chi connectivity index (χ0) is 14.0. The summed E-state index contributed by atoms with van der Waals surface area (Å²) in [7, 11) is 0. The number of benzene rings is 1. The number of rotatable bonds is 4. The summed E-state index contributed by atoms with van der Waals surface area (Å²) >= 11 is 0. The molecule has 6 heteroatoms. The zero-order valence-electron chi connectivity index (χ0n) is 10.1. The highest BCUT2D eigenvalue weighted by Crippen LogP contribution is 2.26. The van der Waals surface area contributed by atoms with Crippen molar-refractivity contribution >= 4 is 11.6 Å². The summed E-state index contributed by atoms with van der Waals surface area (Å²) < 4.78 is 28.9. The van der Waals surface area contributed by atoms with Crippen LogP contribution in [0.3, 0.4) is 0 Å². The van der Waals surface area contributed by atoms with Crippen molar-refractivity contribution in [3.8, 4) is 0 Å². The maximum atomic E-state index is 12.4. The average Bonchev–Trinajstić information content (AvgIpc) is 2.39. The highest BCUT2D eigenvalue weighted by Gasteiger charge is 2.34. The van der Waals surface area contributed by atoms with Crippen LogP contribution in [0, 0.1) is 0 Å². The predicted molar refractivity (Wildman–Crippen MR) is 62.9 cm³/mol. The second kappa shape index (κ2) is 5.17. The Hall–Kier alpha value is -2.24. The first kappa shape index (κ1) is 13.2. The van der Waals surface area contributed by atoms with Gasteiger partial charge < -0.3 is 10.1 Å². The van der Waals surface area contributed by atoms with Crippen LogP contribution in [0.4, 0.5) is 8.78 Å². The van der Waals surface area contributed by atoms with Crippen LogP contribution >= 0.6 is 0 Å². The summed E-state index contributed by atoms with van der Waals surface area (Å²) in [6.07, 6.45) is 0. The maximum absolute atomic E-state index is 12.4. The number of ether oxygens (including phenoxy) is 1. The highest BCUT2D eigenvalue weighted by molar-refractivity contribution is 6.25. The third kappa shape index (κ3) is 2.33. The summed E-state index contributed by atoms with van der Waals surface area (Å²) in [6, 6.07) is 6.05. The van der Waals surface area contributed by atoms with E-state index >= 15 is 0 Å². The molecule has 0 saturated carbocycles. The number of Topliss-reactive ketones (excluding diaryl/α,β-unsaturated/α-hetero) is 2. The van der Waals surface area contributed by atoms with Gasteiger partial charge in [0, 0.05) is 17.7 Å². The van der Waals surface area contributed by atoms with E-state index in [1.165, 1.54) is 12.1 Å². The number of ketones is 2. The first-order chi connectivity index (χ1) is 9.06. The number of likely N-dealkylation sites (N-methyl/N-ethyl adjacent to an activating group) is 1. The Morgan fingerprint density at radius 3 is 2.26 bits per heavy atom. The highest BCUT2D eigenvalue weighted by atomic mass is 19.3. The van der Waals surface area contributed by atoms with Crippen LogP contribution in [-0.4, -0.2) is 24.7 Å². The minimum absolute atomic E-state index is 0.0739. The van der Waals surface area contributed by atoms with Crippen molar-refractivity contribution in [2.45, 2.75) is 13.5 Å². The Labute approximate surface area is 108 Å². The van der Waals surface area contributed by atoms with Gasteiger partial charge in [-0.15, -0.1) is 0 Å². The molecule has 1 aliphatic rings. The van der Waals surface area contributed by atoms with Crippen molar-refractivity contribution in [3.63, 3.8) is 0 Å². The molecule has 0 fully saturated rings. The smallest absolute Gasteiger partial charge is 0.387 e. The van der Waals surface area contributed by atoms with Crippen molar-refractivity contribution in [2.75, 3.05) is 6.54 Å². The number of nitrogens with one attached hydrogen (secondary N) is 1. The van der Waals surface area contributed by atoms with E-state index in [1.54, 1.807) is 19.1 Å². The largest absolute Gasteiger partial charge is 0.428 e. The molecule has 0 saturated heterocycles. The van der Waals surface area contributed by atoms with Gasteiger partial charge in [-0.05, 0) is 6.92 Å². The monoisotopic (exact) mass is 267 g/mol. The fourth-order valence-corrected chi connectivity index (χ4v) is 1.89. The lowest BCUT2D eigenvalue weighted by Crippen LogP contribution is -2.32. The summed E-state index contributed by atoms with van der Waals surface area (Å²) in [5.41, 5.74) is 0.0429. The Balaban J connectivity index is 2.55. The number of carbonyl (C=O) groups excluding carboxylic acids is 2. The molecule has 1 aliphatic carbocycles. The van der Waals surface area contributed by atoms with Crippen molar-refractivity contribution < 1.29 is 23.1 Å². The number of halogens is 2. The first-order valence-electron chi connectivity index (χ1n) is 5.67. The van der Waals surface area contributed by atoms with Gasteiger partial charge in [-0.25, -0.2) is 0 Å². The molecule has 100 valence electrons. The topological polar surface area (TPSA) is 55.4 Å². The fourth-order valence-electron chi connectivity index (χ4n) is 1.89. The minimum atomic E-state index is -3.16. The van der Waals surface area contributed by atoms with Crippen molar-refractivity contribution in [1.29, 1.82) is 0 Å². The lowest BCUT2D eigenvalue weighted by atomic mass is 9.91. The Morgan fingerprint density at radius 2 is 1.74 bits per heavy atom. The van der Waals surface area contributed by atoms with Gasteiger partial charge in [-0.2, -0.15) is 8.78 Å². The molecular weight excluding hydrogens is 256 g/mol. The quantitative estimate of drug-likeness (QED) is 0.908. The number of alkyl halides is 2. The van der Waals surface area contributed by atoms with E-state index < -0.39 is 23.9 Å². The summed E-state index contributed by atoms with van der Waals surface area (Å²) in [4.78, 5) is 24.2. The van der Waals surface area contributed by atoms with Gasteiger partial charge in [0.1, 0.15) is 5.70 Å². The number of hydrogen-bond acceptors (Lipinski definition) is 4. The minimum Gasteiger partial charge on any atom is -0.428 e. The van der Waals surface area contributed by atoms with E-state index in [0.717, 1.165) is 0 Å². The van der Waals surface area contributed by atoms with Crippen LogP contribution in [-0.2, 0) is 4.74 Å². The Bertz CT molecular complexity index is 567. The molecular formula is C13H11F2NO3. The molecule has 0 atom stereocenters. The molecule has 4 nitrogen and oxygen atoms in total.